The minimum absolute atomic E-state index is 0.189. The van der Waals surface area contributed by atoms with Crippen molar-refractivity contribution in [3.63, 3.8) is 0 Å². The van der Waals surface area contributed by atoms with Gasteiger partial charge in [0.25, 0.3) is 0 Å². The number of likely N-dealkylation sites (tertiary alicyclic amines) is 1. The number of benzene rings is 2. The Hall–Kier alpha value is -2.66. The third kappa shape index (κ3) is 5.67. The van der Waals surface area contributed by atoms with E-state index in [-0.39, 0.29) is 17.8 Å². The number of Topliss-reactive ketones (excluding diaryl/α,β-unsaturated/α-hetero) is 1. The van der Waals surface area contributed by atoms with Crippen molar-refractivity contribution < 1.29 is 14.3 Å². The number of carbonyl (C=O) groups is 2. The van der Waals surface area contributed by atoms with E-state index in [4.69, 9.17) is 4.74 Å². The van der Waals surface area contributed by atoms with E-state index in [9.17, 15) is 9.59 Å². The Morgan fingerprint density at radius 3 is 2.14 bits per heavy atom. The molecule has 2 aromatic carbocycles. The van der Waals surface area contributed by atoms with Crippen molar-refractivity contribution in [2.75, 3.05) is 26.2 Å². The number of rotatable bonds is 7. The first-order valence-corrected chi connectivity index (χ1v) is 9.90. The number of hydrogen-bond donors (Lipinski definition) is 0. The molecule has 0 saturated carbocycles. The van der Waals surface area contributed by atoms with Crippen LogP contribution >= 0.6 is 0 Å². The van der Waals surface area contributed by atoms with Crippen molar-refractivity contribution in [1.29, 1.82) is 0 Å². The minimum Gasteiger partial charge on any atom is -0.450 e. The zero-order chi connectivity index (χ0) is 19.8. The highest BCUT2D eigenvalue weighted by molar-refractivity contribution is 5.84. The molecule has 28 heavy (non-hydrogen) atoms. The second-order valence-corrected chi connectivity index (χ2v) is 7.20. The Bertz CT molecular complexity index is 722. The highest BCUT2D eigenvalue weighted by Crippen LogP contribution is 2.19. The average Bonchev–Trinajstić information content (AvgIpc) is 2.71. The highest BCUT2D eigenvalue weighted by Gasteiger charge is 2.31. The lowest BCUT2D eigenvalue weighted by molar-refractivity contribution is -0.126. The monoisotopic (exact) mass is 380 g/mol. The van der Waals surface area contributed by atoms with Crippen LogP contribution in [0.5, 0.6) is 0 Å². The smallest absolute Gasteiger partial charge is 0.409 e. The molecular weight excluding hydrogens is 352 g/mol. The van der Waals surface area contributed by atoms with Crippen LogP contribution in [0.4, 0.5) is 4.79 Å². The van der Waals surface area contributed by atoms with Gasteiger partial charge < -0.3 is 9.64 Å². The first-order valence-electron chi connectivity index (χ1n) is 9.90. The number of ketones is 1. The van der Waals surface area contributed by atoms with E-state index in [1.54, 1.807) is 11.8 Å². The predicted octanol–water partition coefficient (Wildman–Crippen LogP) is 3.74. The number of amides is 1. The topological polar surface area (TPSA) is 49.9 Å². The maximum absolute atomic E-state index is 12.6. The van der Waals surface area contributed by atoms with Crippen LogP contribution in [0.1, 0.15) is 24.5 Å². The van der Waals surface area contributed by atoms with Gasteiger partial charge in [0.1, 0.15) is 5.78 Å². The number of carbonyl (C=O) groups excluding carboxylic acids is 2. The van der Waals surface area contributed by atoms with Gasteiger partial charge in [0.2, 0.25) is 0 Å². The Labute approximate surface area is 166 Å². The van der Waals surface area contributed by atoms with Crippen molar-refractivity contribution in [2.24, 2.45) is 5.92 Å². The van der Waals surface area contributed by atoms with Crippen LogP contribution in [0.15, 0.2) is 60.7 Å². The Morgan fingerprint density at radius 1 is 1.04 bits per heavy atom. The summed E-state index contributed by atoms with van der Waals surface area (Å²) in [6.45, 7) is 5.17. The molecule has 5 nitrogen and oxygen atoms in total. The van der Waals surface area contributed by atoms with Gasteiger partial charge in [-0.3, -0.25) is 9.69 Å². The lowest BCUT2D eigenvalue weighted by Gasteiger charge is -2.34. The summed E-state index contributed by atoms with van der Waals surface area (Å²) in [5, 5.41) is 0. The van der Waals surface area contributed by atoms with Crippen LogP contribution in [-0.4, -0.2) is 47.9 Å². The van der Waals surface area contributed by atoms with Gasteiger partial charge in [0, 0.05) is 45.1 Å². The average molecular weight is 380 g/mol. The molecule has 3 rings (SSSR count). The van der Waals surface area contributed by atoms with E-state index in [2.05, 4.69) is 29.2 Å². The molecule has 1 heterocycles. The van der Waals surface area contributed by atoms with Crippen molar-refractivity contribution in [3.8, 4) is 0 Å². The van der Waals surface area contributed by atoms with Gasteiger partial charge in [-0.25, -0.2) is 4.79 Å². The maximum atomic E-state index is 12.6. The molecule has 5 heteroatoms. The summed E-state index contributed by atoms with van der Waals surface area (Å²) >= 11 is 0. The Kier molecular flexibility index (Phi) is 7.20. The summed E-state index contributed by atoms with van der Waals surface area (Å²) < 4.78 is 5.12. The molecule has 0 N–H and O–H groups in total. The molecule has 0 bridgehead atoms. The second kappa shape index (κ2) is 10.0. The van der Waals surface area contributed by atoms with Crippen molar-refractivity contribution in [2.45, 2.75) is 26.4 Å². The molecule has 1 atom stereocenters. The van der Waals surface area contributed by atoms with Gasteiger partial charge in [0.15, 0.2) is 0 Å². The summed E-state index contributed by atoms with van der Waals surface area (Å²) in [5.74, 6) is 0.0391. The predicted molar refractivity (Wildman–Crippen MR) is 109 cm³/mol. The summed E-state index contributed by atoms with van der Waals surface area (Å²) in [6.07, 6.45) is 0.0752. The molecule has 1 aliphatic rings. The van der Waals surface area contributed by atoms with Gasteiger partial charge >= 0.3 is 6.09 Å². The highest BCUT2D eigenvalue weighted by atomic mass is 16.6. The third-order valence-electron chi connectivity index (χ3n) is 5.03. The van der Waals surface area contributed by atoms with E-state index in [0.29, 0.717) is 32.7 Å². The summed E-state index contributed by atoms with van der Waals surface area (Å²) in [4.78, 5) is 28.6. The van der Waals surface area contributed by atoms with Gasteiger partial charge in [0.05, 0.1) is 6.61 Å². The fourth-order valence-corrected chi connectivity index (χ4v) is 3.63. The lowest BCUT2D eigenvalue weighted by atomic mass is 9.95. The molecule has 1 amide bonds. The number of piperidine rings is 1. The first-order chi connectivity index (χ1) is 13.7. The minimum atomic E-state index is -0.322. The molecule has 0 aliphatic carbocycles. The van der Waals surface area contributed by atoms with E-state index < -0.39 is 0 Å². The molecule has 0 aromatic heterocycles. The zero-order valence-electron chi connectivity index (χ0n) is 16.4. The summed E-state index contributed by atoms with van der Waals surface area (Å²) in [7, 11) is 0. The first kappa shape index (κ1) is 20.1. The largest absolute Gasteiger partial charge is 0.450 e. The van der Waals surface area contributed by atoms with Gasteiger partial charge in [-0.2, -0.15) is 0 Å². The van der Waals surface area contributed by atoms with E-state index in [1.807, 2.05) is 36.4 Å². The Balaban J connectivity index is 1.71. The number of hydrogen-bond acceptors (Lipinski definition) is 4. The molecule has 2 aromatic rings. The van der Waals surface area contributed by atoms with E-state index >= 15 is 0 Å². The molecule has 0 spiro atoms. The van der Waals surface area contributed by atoms with E-state index in [1.165, 1.54) is 11.1 Å². The molecule has 1 saturated heterocycles. The fourth-order valence-electron chi connectivity index (χ4n) is 3.63. The Morgan fingerprint density at radius 2 is 1.61 bits per heavy atom. The normalized spacial score (nSPS) is 17.0. The molecular formula is C23H28N2O3. The number of nitrogens with zero attached hydrogens (tertiary/aromatic N) is 2. The quantitative estimate of drug-likeness (QED) is 0.734. The van der Waals surface area contributed by atoms with Crippen molar-refractivity contribution in [3.05, 3.63) is 71.8 Å². The standard InChI is InChI=1S/C23H28N2O3/c1-2-28-23(27)25-14-13-22(26)21(18-25)17-24(15-19-9-5-3-6-10-19)16-20-11-7-4-8-12-20/h3-12,21H,2,13-18H2,1H3. The van der Waals surface area contributed by atoms with Crippen LogP contribution in [0.3, 0.4) is 0 Å². The molecule has 148 valence electrons. The molecule has 1 aliphatic heterocycles. The number of ether oxygens (including phenoxy) is 1. The summed E-state index contributed by atoms with van der Waals surface area (Å²) in [6, 6.07) is 20.6. The SMILES string of the molecule is CCOC(=O)N1CCC(=O)C(CN(Cc2ccccc2)Cc2ccccc2)C1. The lowest BCUT2D eigenvalue weighted by Crippen LogP contribution is -2.48. The molecule has 0 radical (unpaired) electrons. The van der Waals surface area contributed by atoms with Crippen LogP contribution in [0, 0.1) is 5.92 Å². The van der Waals surface area contributed by atoms with Gasteiger partial charge in [-0.1, -0.05) is 60.7 Å². The van der Waals surface area contributed by atoms with Crippen LogP contribution in [0.2, 0.25) is 0 Å². The van der Waals surface area contributed by atoms with Gasteiger partial charge in [-0.15, -0.1) is 0 Å². The van der Waals surface area contributed by atoms with E-state index in [0.717, 1.165) is 13.1 Å². The van der Waals surface area contributed by atoms with Crippen molar-refractivity contribution >= 4 is 11.9 Å². The van der Waals surface area contributed by atoms with Gasteiger partial charge in [-0.05, 0) is 18.1 Å². The fraction of sp³-hybridized carbons (Fsp3) is 0.391. The molecule has 1 unspecified atom stereocenters. The maximum Gasteiger partial charge on any atom is 0.409 e. The summed E-state index contributed by atoms with van der Waals surface area (Å²) in [5.41, 5.74) is 2.42. The zero-order valence-corrected chi connectivity index (χ0v) is 16.4. The van der Waals surface area contributed by atoms with Crippen LogP contribution in [-0.2, 0) is 22.6 Å². The van der Waals surface area contributed by atoms with Crippen LogP contribution < -0.4 is 0 Å². The van der Waals surface area contributed by atoms with Crippen LogP contribution in [0.25, 0.3) is 0 Å². The third-order valence-corrected chi connectivity index (χ3v) is 5.03. The molecule has 1 fully saturated rings. The second-order valence-electron chi connectivity index (χ2n) is 7.20. The van der Waals surface area contributed by atoms with Crippen molar-refractivity contribution in [1.82, 2.24) is 9.80 Å².